The van der Waals surface area contributed by atoms with Gasteiger partial charge in [0.25, 0.3) is 0 Å². The number of benzene rings is 1. The maximum absolute atomic E-state index is 13.6. The van der Waals surface area contributed by atoms with Crippen molar-refractivity contribution in [3.8, 4) is 0 Å². The summed E-state index contributed by atoms with van der Waals surface area (Å²) in [6.45, 7) is 2.77. The molecule has 3 rings (SSSR count). The summed E-state index contributed by atoms with van der Waals surface area (Å²) in [5, 5.41) is 17.5. The maximum Gasteiger partial charge on any atom is 0.322 e. The third-order valence-electron chi connectivity index (χ3n) is 3.84. The molecule has 6 nitrogen and oxygen atoms in total. The number of hydrogen-bond acceptors (Lipinski definition) is 4. The van der Waals surface area contributed by atoms with Crippen molar-refractivity contribution in [1.29, 1.82) is 0 Å². The predicted octanol–water partition coefficient (Wildman–Crippen LogP) is 1.96. The van der Waals surface area contributed by atoms with Gasteiger partial charge >= 0.3 is 5.97 Å². The summed E-state index contributed by atoms with van der Waals surface area (Å²) >= 11 is 3.22. The van der Waals surface area contributed by atoms with Gasteiger partial charge in [0.15, 0.2) is 0 Å². The standard InChI is InChI=1S/C14H14BrFN4O2/c1-8-17-18-12-7-19(11(14(21)22)6-20(8)12)5-9-3-2-4-10(16)13(9)15/h2-4,11H,5-7H2,1H3,(H,21,22). The Morgan fingerprint density at radius 1 is 1.50 bits per heavy atom. The number of fused-ring (bicyclic) bond motifs is 1. The number of carbonyl (C=O) groups is 1. The molecule has 1 N–H and O–H groups in total. The highest BCUT2D eigenvalue weighted by Crippen LogP contribution is 2.25. The van der Waals surface area contributed by atoms with E-state index in [1.807, 2.05) is 4.57 Å². The first-order valence-electron chi connectivity index (χ1n) is 6.76. The number of aryl methyl sites for hydroxylation is 1. The highest BCUT2D eigenvalue weighted by Gasteiger charge is 2.33. The number of carboxylic acids is 1. The molecule has 2 heterocycles. The molecule has 1 aromatic heterocycles. The molecule has 1 atom stereocenters. The van der Waals surface area contributed by atoms with Gasteiger partial charge < -0.3 is 9.67 Å². The fraction of sp³-hybridized carbons (Fsp3) is 0.357. The number of aromatic nitrogens is 3. The van der Waals surface area contributed by atoms with E-state index in [9.17, 15) is 14.3 Å². The molecule has 2 aromatic rings. The van der Waals surface area contributed by atoms with Crippen LogP contribution in [0.3, 0.4) is 0 Å². The first kappa shape index (κ1) is 15.1. The van der Waals surface area contributed by atoms with E-state index in [0.717, 1.165) is 5.82 Å². The van der Waals surface area contributed by atoms with Crippen LogP contribution in [0.1, 0.15) is 17.2 Å². The zero-order valence-electron chi connectivity index (χ0n) is 11.8. The second-order valence-electron chi connectivity index (χ2n) is 5.25. The normalized spacial score (nSPS) is 18.2. The summed E-state index contributed by atoms with van der Waals surface area (Å²) in [5.74, 6) is 0.155. The molecule has 0 bridgehead atoms. The highest BCUT2D eigenvalue weighted by atomic mass is 79.9. The van der Waals surface area contributed by atoms with Gasteiger partial charge in [-0.15, -0.1) is 10.2 Å². The summed E-state index contributed by atoms with van der Waals surface area (Å²) in [7, 11) is 0. The van der Waals surface area contributed by atoms with Crippen molar-refractivity contribution in [2.24, 2.45) is 0 Å². The average molecular weight is 369 g/mol. The van der Waals surface area contributed by atoms with Gasteiger partial charge in [0.05, 0.1) is 17.6 Å². The molecular formula is C14H14BrFN4O2. The van der Waals surface area contributed by atoms with E-state index in [1.165, 1.54) is 6.07 Å². The maximum atomic E-state index is 13.6. The van der Waals surface area contributed by atoms with Crippen LogP contribution in [0, 0.1) is 12.7 Å². The van der Waals surface area contributed by atoms with E-state index >= 15 is 0 Å². The number of hydrogen-bond donors (Lipinski definition) is 1. The molecule has 22 heavy (non-hydrogen) atoms. The van der Waals surface area contributed by atoms with Crippen molar-refractivity contribution in [3.63, 3.8) is 0 Å². The minimum absolute atomic E-state index is 0.288. The van der Waals surface area contributed by atoms with Gasteiger partial charge in [-0.3, -0.25) is 9.69 Å². The van der Waals surface area contributed by atoms with Gasteiger partial charge in [-0.2, -0.15) is 0 Å². The van der Waals surface area contributed by atoms with Crippen LogP contribution in [0.2, 0.25) is 0 Å². The zero-order chi connectivity index (χ0) is 15.9. The lowest BCUT2D eigenvalue weighted by Crippen LogP contribution is -2.47. The van der Waals surface area contributed by atoms with Gasteiger partial charge in [-0.05, 0) is 34.5 Å². The fourth-order valence-electron chi connectivity index (χ4n) is 2.65. The van der Waals surface area contributed by atoms with Crippen molar-refractivity contribution in [2.45, 2.75) is 32.6 Å². The van der Waals surface area contributed by atoms with E-state index in [2.05, 4.69) is 26.1 Å². The summed E-state index contributed by atoms with van der Waals surface area (Å²) in [6, 6.07) is 4.05. The molecule has 8 heteroatoms. The third-order valence-corrected chi connectivity index (χ3v) is 4.73. The van der Waals surface area contributed by atoms with Crippen LogP contribution in [-0.4, -0.2) is 36.8 Å². The molecule has 0 aliphatic carbocycles. The van der Waals surface area contributed by atoms with Crippen molar-refractivity contribution < 1.29 is 14.3 Å². The molecule has 0 saturated carbocycles. The number of nitrogens with zero attached hydrogens (tertiary/aromatic N) is 4. The first-order chi connectivity index (χ1) is 10.5. The summed E-state index contributed by atoms with van der Waals surface area (Å²) < 4.78 is 15.8. The smallest absolute Gasteiger partial charge is 0.322 e. The SMILES string of the molecule is Cc1nnc2n1CC(C(=O)O)N(Cc1cccc(F)c1Br)C2. The minimum atomic E-state index is -0.911. The molecule has 116 valence electrons. The zero-order valence-corrected chi connectivity index (χ0v) is 13.4. The molecule has 1 aromatic carbocycles. The lowest BCUT2D eigenvalue weighted by molar-refractivity contribution is -0.145. The largest absolute Gasteiger partial charge is 0.480 e. The van der Waals surface area contributed by atoms with Crippen LogP contribution in [0.15, 0.2) is 22.7 Å². The van der Waals surface area contributed by atoms with Crippen molar-refractivity contribution >= 4 is 21.9 Å². The average Bonchev–Trinajstić information content (AvgIpc) is 2.84. The van der Waals surface area contributed by atoms with Gasteiger partial charge in [0.2, 0.25) is 0 Å². The lowest BCUT2D eigenvalue weighted by Gasteiger charge is -2.33. The number of halogens is 2. The minimum Gasteiger partial charge on any atom is -0.480 e. The molecular weight excluding hydrogens is 355 g/mol. The van der Waals surface area contributed by atoms with Crippen molar-refractivity contribution in [3.05, 3.63) is 45.7 Å². The van der Waals surface area contributed by atoms with Crippen LogP contribution < -0.4 is 0 Å². The number of carboxylic acid groups (broad SMARTS) is 1. The third kappa shape index (κ3) is 2.64. The molecule has 0 fully saturated rings. The predicted molar refractivity (Wildman–Crippen MR) is 79.5 cm³/mol. The van der Waals surface area contributed by atoms with E-state index in [-0.39, 0.29) is 12.4 Å². The molecule has 1 aliphatic heterocycles. The van der Waals surface area contributed by atoms with E-state index in [1.54, 1.807) is 24.0 Å². The van der Waals surface area contributed by atoms with Crippen molar-refractivity contribution in [2.75, 3.05) is 0 Å². The number of rotatable bonds is 3. The topological polar surface area (TPSA) is 71.2 Å². The Balaban J connectivity index is 1.91. The Morgan fingerprint density at radius 3 is 3.00 bits per heavy atom. The monoisotopic (exact) mass is 368 g/mol. The Kier molecular flexibility index (Phi) is 3.96. The summed E-state index contributed by atoms with van der Waals surface area (Å²) in [4.78, 5) is 13.3. The quantitative estimate of drug-likeness (QED) is 0.896. The second kappa shape index (κ2) is 5.77. The van der Waals surface area contributed by atoms with Crippen LogP contribution in [0.25, 0.3) is 0 Å². The summed E-state index contributed by atoms with van der Waals surface area (Å²) in [5.41, 5.74) is 0.705. The Bertz CT molecular complexity index is 734. The molecule has 0 amide bonds. The Hall–Kier alpha value is -1.80. The fourth-order valence-corrected chi connectivity index (χ4v) is 3.04. The van der Waals surface area contributed by atoms with Gasteiger partial charge in [0.1, 0.15) is 23.5 Å². The second-order valence-corrected chi connectivity index (χ2v) is 6.04. The van der Waals surface area contributed by atoms with Crippen LogP contribution in [0.5, 0.6) is 0 Å². The molecule has 1 unspecified atom stereocenters. The van der Waals surface area contributed by atoms with Crippen LogP contribution in [0.4, 0.5) is 4.39 Å². The molecule has 1 aliphatic rings. The lowest BCUT2D eigenvalue weighted by atomic mass is 10.1. The Morgan fingerprint density at radius 2 is 2.27 bits per heavy atom. The van der Waals surface area contributed by atoms with E-state index < -0.39 is 12.0 Å². The van der Waals surface area contributed by atoms with E-state index in [4.69, 9.17) is 0 Å². The molecule has 0 saturated heterocycles. The van der Waals surface area contributed by atoms with Crippen LogP contribution >= 0.6 is 15.9 Å². The van der Waals surface area contributed by atoms with Crippen LogP contribution in [-0.2, 0) is 24.4 Å². The van der Waals surface area contributed by atoms with Gasteiger partial charge in [-0.1, -0.05) is 12.1 Å². The Labute approximate surface area is 134 Å². The van der Waals surface area contributed by atoms with Crippen molar-refractivity contribution in [1.82, 2.24) is 19.7 Å². The summed E-state index contributed by atoms with van der Waals surface area (Å²) in [6.07, 6.45) is 0. The van der Waals surface area contributed by atoms with Gasteiger partial charge in [-0.25, -0.2) is 4.39 Å². The highest BCUT2D eigenvalue weighted by molar-refractivity contribution is 9.10. The van der Waals surface area contributed by atoms with E-state index in [0.29, 0.717) is 29.0 Å². The molecule has 0 radical (unpaired) electrons. The number of aliphatic carboxylic acids is 1. The molecule has 0 spiro atoms. The first-order valence-corrected chi connectivity index (χ1v) is 7.55. The van der Waals surface area contributed by atoms with Gasteiger partial charge in [0, 0.05) is 6.54 Å².